The van der Waals surface area contributed by atoms with Gasteiger partial charge in [-0.3, -0.25) is 4.79 Å². The van der Waals surface area contributed by atoms with E-state index in [1.54, 1.807) is 0 Å². The fraction of sp³-hybridized carbons (Fsp3) is 0.200. The maximum absolute atomic E-state index is 13.3. The van der Waals surface area contributed by atoms with Crippen LogP contribution >= 0.6 is 0 Å². The molecular weight excluding hydrogens is 372 g/mol. The average Bonchev–Trinajstić information content (AvgIpc) is 3.41. The lowest BCUT2D eigenvalue weighted by molar-refractivity contribution is 0.0938. The van der Waals surface area contributed by atoms with E-state index >= 15 is 0 Å². The molecule has 1 amide bonds. The zero-order chi connectivity index (χ0) is 20.9. The van der Waals surface area contributed by atoms with Gasteiger partial charge in [0.05, 0.1) is 11.4 Å². The first kappa shape index (κ1) is 19.7. The van der Waals surface area contributed by atoms with E-state index in [-0.39, 0.29) is 11.9 Å². The second kappa shape index (κ2) is 8.82. The van der Waals surface area contributed by atoms with Crippen molar-refractivity contribution in [3.8, 4) is 11.5 Å². The summed E-state index contributed by atoms with van der Waals surface area (Å²) in [6.45, 7) is 3.93. The van der Waals surface area contributed by atoms with E-state index in [1.807, 2.05) is 96.2 Å². The molecule has 0 saturated carbocycles. The van der Waals surface area contributed by atoms with Crippen LogP contribution in [0.2, 0.25) is 0 Å². The van der Waals surface area contributed by atoms with E-state index in [0.717, 1.165) is 24.3 Å². The van der Waals surface area contributed by atoms with Gasteiger partial charge < -0.3 is 9.88 Å². The van der Waals surface area contributed by atoms with Crippen LogP contribution in [0.15, 0.2) is 85.2 Å². The number of para-hydroxylation sites is 1. The molecule has 2 aromatic carbocycles. The summed E-state index contributed by atoms with van der Waals surface area (Å²) in [7, 11) is 0. The third-order valence-corrected chi connectivity index (χ3v) is 5.20. The molecule has 0 aliphatic heterocycles. The lowest BCUT2D eigenvalue weighted by atomic mass is 10.1. The highest BCUT2D eigenvalue weighted by Gasteiger charge is 2.24. The summed E-state index contributed by atoms with van der Waals surface area (Å²) in [4.78, 5) is 13.3. The first-order valence-corrected chi connectivity index (χ1v) is 10.3. The molecule has 1 atom stereocenters. The van der Waals surface area contributed by atoms with Gasteiger partial charge in [-0.1, -0.05) is 48.5 Å². The second-order valence-corrected chi connectivity index (χ2v) is 7.52. The van der Waals surface area contributed by atoms with Gasteiger partial charge in [0, 0.05) is 18.4 Å². The highest BCUT2D eigenvalue weighted by Crippen LogP contribution is 2.23. The van der Waals surface area contributed by atoms with Gasteiger partial charge >= 0.3 is 0 Å². The van der Waals surface area contributed by atoms with Gasteiger partial charge in [-0.15, -0.1) is 0 Å². The van der Waals surface area contributed by atoms with Crippen LogP contribution in [0.4, 0.5) is 0 Å². The number of carbonyl (C=O) groups excluding carboxylic acids is 1. The molecule has 2 heterocycles. The summed E-state index contributed by atoms with van der Waals surface area (Å²) >= 11 is 0. The summed E-state index contributed by atoms with van der Waals surface area (Å²) in [6.07, 6.45) is 5.67. The largest absolute Gasteiger partial charge is 0.349 e. The van der Waals surface area contributed by atoms with E-state index < -0.39 is 0 Å². The van der Waals surface area contributed by atoms with Crippen molar-refractivity contribution < 1.29 is 4.79 Å². The molecule has 0 aliphatic carbocycles. The molecule has 30 heavy (non-hydrogen) atoms. The summed E-state index contributed by atoms with van der Waals surface area (Å²) in [5, 5.41) is 7.86. The number of nitrogens with one attached hydrogen (secondary N) is 1. The molecule has 4 rings (SSSR count). The summed E-state index contributed by atoms with van der Waals surface area (Å²) in [5.74, 6) is 0.649. The SMILES string of the molecule is Cc1nn(-c2ccccc2)c(-n2cccc2)c1C(=O)N[C@@H](C)CCc1ccccc1. The molecular formula is C25H26N4O. The molecule has 152 valence electrons. The van der Waals surface area contributed by atoms with Gasteiger partial charge in [-0.2, -0.15) is 5.10 Å². The molecule has 0 saturated heterocycles. The highest BCUT2D eigenvalue weighted by molar-refractivity contribution is 5.98. The molecule has 5 heteroatoms. The molecule has 0 bridgehead atoms. The van der Waals surface area contributed by atoms with Crippen LogP contribution in [-0.2, 0) is 6.42 Å². The van der Waals surface area contributed by atoms with Crippen LogP contribution < -0.4 is 5.32 Å². The predicted molar refractivity (Wildman–Crippen MR) is 119 cm³/mol. The molecule has 0 fully saturated rings. The maximum Gasteiger partial charge on any atom is 0.257 e. The minimum absolute atomic E-state index is 0.0506. The number of carbonyl (C=O) groups is 1. The minimum atomic E-state index is -0.0982. The van der Waals surface area contributed by atoms with E-state index in [0.29, 0.717) is 11.3 Å². The Morgan fingerprint density at radius 1 is 0.967 bits per heavy atom. The maximum atomic E-state index is 13.3. The lowest BCUT2D eigenvalue weighted by Gasteiger charge is -2.15. The van der Waals surface area contributed by atoms with Crippen molar-refractivity contribution in [2.45, 2.75) is 32.7 Å². The quantitative estimate of drug-likeness (QED) is 0.490. The summed E-state index contributed by atoms with van der Waals surface area (Å²) in [5.41, 5.74) is 3.50. The molecule has 0 aliphatic rings. The van der Waals surface area contributed by atoms with Gasteiger partial charge in [0.15, 0.2) is 5.82 Å². The summed E-state index contributed by atoms with van der Waals surface area (Å²) in [6, 6.07) is 24.2. The number of hydrogen-bond donors (Lipinski definition) is 1. The van der Waals surface area contributed by atoms with Crippen LogP contribution in [0.1, 0.15) is 35.0 Å². The highest BCUT2D eigenvalue weighted by atomic mass is 16.1. The van der Waals surface area contributed by atoms with E-state index in [9.17, 15) is 4.79 Å². The average molecular weight is 399 g/mol. The van der Waals surface area contributed by atoms with Crippen molar-refractivity contribution in [3.05, 3.63) is 102 Å². The molecule has 5 nitrogen and oxygen atoms in total. The fourth-order valence-corrected chi connectivity index (χ4v) is 3.64. The Hall–Kier alpha value is -3.60. The minimum Gasteiger partial charge on any atom is -0.349 e. The van der Waals surface area contributed by atoms with E-state index in [2.05, 4.69) is 17.4 Å². The number of aromatic nitrogens is 3. The van der Waals surface area contributed by atoms with E-state index in [1.165, 1.54) is 5.56 Å². The smallest absolute Gasteiger partial charge is 0.257 e. The Labute approximate surface area is 177 Å². The van der Waals surface area contributed by atoms with Gasteiger partial charge in [0.25, 0.3) is 5.91 Å². The standard InChI is InChI=1S/C25H26N4O/c1-19(15-16-21-11-5-3-6-12-21)26-24(30)23-20(2)27-29(22-13-7-4-8-14-22)25(23)28-17-9-10-18-28/h3-14,17-19H,15-16H2,1-2H3,(H,26,30)/t19-/m0/s1. The molecule has 0 radical (unpaired) electrons. The Kier molecular flexibility index (Phi) is 5.80. The molecule has 4 aromatic rings. The number of hydrogen-bond acceptors (Lipinski definition) is 2. The first-order valence-electron chi connectivity index (χ1n) is 10.3. The predicted octanol–water partition coefficient (Wildman–Crippen LogP) is 4.72. The normalized spacial score (nSPS) is 11.9. The van der Waals surface area contributed by atoms with Gasteiger partial charge in [-0.05, 0) is 56.5 Å². The van der Waals surface area contributed by atoms with Crippen molar-refractivity contribution in [1.82, 2.24) is 19.7 Å². The van der Waals surface area contributed by atoms with Gasteiger partial charge in [0.2, 0.25) is 0 Å². The van der Waals surface area contributed by atoms with Crippen LogP contribution in [0.3, 0.4) is 0 Å². The zero-order valence-electron chi connectivity index (χ0n) is 17.3. The van der Waals surface area contributed by atoms with Crippen molar-refractivity contribution >= 4 is 5.91 Å². The topological polar surface area (TPSA) is 51.9 Å². The number of amides is 1. The third kappa shape index (κ3) is 4.20. The zero-order valence-corrected chi connectivity index (χ0v) is 17.3. The van der Waals surface area contributed by atoms with Gasteiger partial charge in [-0.25, -0.2) is 4.68 Å². The van der Waals surface area contributed by atoms with Crippen LogP contribution in [0, 0.1) is 6.92 Å². The van der Waals surface area contributed by atoms with Crippen LogP contribution in [0.5, 0.6) is 0 Å². The van der Waals surface area contributed by atoms with Crippen molar-refractivity contribution in [3.63, 3.8) is 0 Å². The molecule has 0 unspecified atom stereocenters. The first-order chi connectivity index (χ1) is 14.6. The Bertz CT molecular complexity index is 1100. The molecule has 2 aromatic heterocycles. The van der Waals surface area contributed by atoms with Crippen molar-refractivity contribution in [1.29, 1.82) is 0 Å². The summed E-state index contributed by atoms with van der Waals surface area (Å²) < 4.78 is 3.77. The van der Waals surface area contributed by atoms with Crippen molar-refractivity contribution in [2.75, 3.05) is 0 Å². The Morgan fingerprint density at radius 2 is 1.60 bits per heavy atom. The van der Waals surface area contributed by atoms with Gasteiger partial charge in [0.1, 0.15) is 5.56 Å². The monoisotopic (exact) mass is 398 g/mol. The lowest BCUT2D eigenvalue weighted by Crippen LogP contribution is -2.33. The van der Waals surface area contributed by atoms with Crippen LogP contribution in [0.25, 0.3) is 11.5 Å². The molecule has 1 N–H and O–H groups in total. The third-order valence-electron chi connectivity index (χ3n) is 5.20. The number of nitrogens with zero attached hydrogens (tertiary/aromatic N) is 3. The number of aryl methyl sites for hydroxylation is 2. The molecule has 0 spiro atoms. The second-order valence-electron chi connectivity index (χ2n) is 7.52. The van der Waals surface area contributed by atoms with Crippen LogP contribution in [-0.4, -0.2) is 26.3 Å². The Balaban J connectivity index is 1.60. The van der Waals surface area contributed by atoms with E-state index in [4.69, 9.17) is 5.10 Å². The number of benzene rings is 2. The number of rotatable bonds is 7. The van der Waals surface area contributed by atoms with Crippen molar-refractivity contribution in [2.24, 2.45) is 0 Å². The fourth-order valence-electron chi connectivity index (χ4n) is 3.64. The Morgan fingerprint density at radius 3 is 2.27 bits per heavy atom.